The lowest BCUT2D eigenvalue weighted by Gasteiger charge is -2.12. The van der Waals surface area contributed by atoms with E-state index in [2.05, 4.69) is 20.7 Å². The van der Waals surface area contributed by atoms with Gasteiger partial charge in [-0.1, -0.05) is 6.07 Å². The fourth-order valence-electron chi connectivity index (χ4n) is 1.71. The number of halogens is 3. The summed E-state index contributed by atoms with van der Waals surface area (Å²) in [6.07, 6.45) is 0. The molecule has 8 heteroatoms. The van der Waals surface area contributed by atoms with Gasteiger partial charge in [0.2, 0.25) is 0 Å². The summed E-state index contributed by atoms with van der Waals surface area (Å²) in [4.78, 5) is -0.0673. The van der Waals surface area contributed by atoms with Crippen LogP contribution in [0, 0.1) is 18.6 Å². The minimum Gasteiger partial charge on any atom is -0.399 e. The molecule has 21 heavy (non-hydrogen) atoms. The molecule has 0 aliphatic heterocycles. The predicted octanol–water partition coefficient (Wildman–Crippen LogP) is 3.42. The highest BCUT2D eigenvalue weighted by molar-refractivity contribution is 9.10. The van der Waals surface area contributed by atoms with Gasteiger partial charge in [-0.15, -0.1) is 0 Å². The topological polar surface area (TPSA) is 72.2 Å². The highest BCUT2D eigenvalue weighted by Crippen LogP contribution is 2.27. The van der Waals surface area contributed by atoms with Crippen LogP contribution in [0.1, 0.15) is 5.56 Å². The van der Waals surface area contributed by atoms with Crippen molar-refractivity contribution in [2.24, 2.45) is 0 Å². The van der Waals surface area contributed by atoms with Crippen LogP contribution in [0.15, 0.2) is 39.7 Å². The van der Waals surface area contributed by atoms with Crippen molar-refractivity contribution in [3.63, 3.8) is 0 Å². The van der Waals surface area contributed by atoms with Gasteiger partial charge in [-0.3, -0.25) is 4.72 Å². The minimum absolute atomic E-state index is 0.0501. The van der Waals surface area contributed by atoms with Gasteiger partial charge in [0.1, 0.15) is 11.6 Å². The number of hydrogen-bond acceptors (Lipinski definition) is 3. The van der Waals surface area contributed by atoms with Crippen molar-refractivity contribution in [2.45, 2.75) is 11.8 Å². The fourth-order valence-corrected chi connectivity index (χ4v) is 3.39. The number of nitrogens with one attached hydrogen (secondary N) is 1. The number of sulfonamides is 1. The average molecular weight is 377 g/mol. The van der Waals surface area contributed by atoms with Gasteiger partial charge < -0.3 is 5.73 Å². The Bertz CT molecular complexity index is 810. The minimum atomic E-state index is -4.03. The number of nitrogens with two attached hydrogens (primary N) is 1. The lowest BCUT2D eigenvalue weighted by molar-refractivity contribution is 0.579. The molecule has 0 saturated carbocycles. The van der Waals surface area contributed by atoms with Crippen molar-refractivity contribution in [1.29, 1.82) is 0 Å². The lowest BCUT2D eigenvalue weighted by atomic mass is 10.2. The SMILES string of the molecule is Cc1ccc(N)cc1S(=O)(=O)Nc1cc(Br)c(F)cc1F. The lowest BCUT2D eigenvalue weighted by Crippen LogP contribution is -2.15. The van der Waals surface area contributed by atoms with E-state index in [9.17, 15) is 17.2 Å². The number of nitrogen functional groups attached to an aromatic ring is 1. The fraction of sp³-hybridized carbons (Fsp3) is 0.0769. The van der Waals surface area contributed by atoms with Gasteiger partial charge in [-0.25, -0.2) is 17.2 Å². The summed E-state index contributed by atoms with van der Waals surface area (Å²) in [5, 5.41) is 0. The maximum Gasteiger partial charge on any atom is 0.262 e. The third kappa shape index (κ3) is 3.33. The Morgan fingerprint density at radius 1 is 1.14 bits per heavy atom. The molecule has 2 aromatic carbocycles. The van der Waals surface area contributed by atoms with E-state index in [1.54, 1.807) is 19.1 Å². The smallest absolute Gasteiger partial charge is 0.262 e. The van der Waals surface area contributed by atoms with Crippen LogP contribution < -0.4 is 10.5 Å². The van der Waals surface area contributed by atoms with Crippen molar-refractivity contribution in [2.75, 3.05) is 10.5 Å². The molecule has 0 aliphatic carbocycles. The Hall–Kier alpha value is -1.67. The van der Waals surface area contributed by atoms with E-state index < -0.39 is 21.7 Å². The first-order valence-electron chi connectivity index (χ1n) is 5.74. The second-order valence-electron chi connectivity index (χ2n) is 4.38. The third-order valence-corrected chi connectivity index (χ3v) is 4.87. The number of anilines is 2. The molecule has 0 amide bonds. The van der Waals surface area contributed by atoms with Crippen LogP contribution in [0.5, 0.6) is 0 Å². The molecule has 0 aliphatic rings. The van der Waals surface area contributed by atoms with Crippen molar-refractivity contribution >= 4 is 37.3 Å². The number of aryl methyl sites for hydroxylation is 1. The molecule has 2 rings (SSSR count). The molecule has 0 heterocycles. The molecule has 0 fully saturated rings. The van der Waals surface area contributed by atoms with Crippen LogP contribution in [0.4, 0.5) is 20.2 Å². The average Bonchev–Trinajstić information content (AvgIpc) is 2.38. The van der Waals surface area contributed by atoms with Gasteiger partial charge in [-0.2, -0.15) is 0 Å². The number of benzene rings is 2. The summed E-state index contributed by atoms with van der Waals surface area (Å²) in [7, 11) is -4.03. The van der Waals surface area contributed by atoms with E-state index in [1.165, 1.54) is 6.07 Å². The molecule has 0 unspecified atom stereocenters. The molecular weight excluding hydrogens is 366 g/mol. The van der Waals surface area contributed by atoms with Gasteiger partial charge in [0.15, 0.2) is 0 Å². The van der Waals surface area contributed by atoms with E-state index in [0.717, 1.165) is 6.07 Å². The van der Waals surface area contributed by atoms with Gasteiger partial charge in [0.05, 0.1) is 15.1 Å². The van der Waals surface area contributed by atoms with Gasteiger partial charge >= 0.3 is 0 Å². The second-order valence-corrected chi connectivity index (χ2v) is 6.88. The van der Waals surface area contributed by atoms with Crippen molar-refractivity contribution in [3.05, 3.63) is 52.0 Å². The standard InChI is InChI=1S/C13H11BrF2N2O2S/c1-7-2-3-8(17)4-13(7)21(19,20)18-12-5-9(14)10(15)6-11(12)16/h2-6,18H,17H2,1H3. The largest absolute Gasteiger partial charge is 0.399 e. The van der Waals surface area contributed by atoms with Gasteiger partial charge in [0, 0.05) is 11.8 Å². The summed E-state index contributed by atoms with van der Waals surface area (Å²) < 4.78 is 53.4. The maximum atomic E-state index is 13.6. The molecule has 0 aromatic heterocycles. The Labute approximate surface area is 129 Å². The highest BCUT2D eigenvalue weighted by Gasteiger charge is 2.20. The number of rotatable bonds is 3. The highest BCUT2D eigenvalue weighted by atomic mass is 79.9. The monoisotopic (exact) mass is 376 g/mol. The molecule has 0 radical (unpaired) electrons. The summed E-state index contributed by atoms with van der Waals surface area (Å²) in [5.74, 6) is -1.84. The first-order valence-corrected chi connectivity index (χ1v) is 8.02. The molecule has 0 saturated heterocycles. The van der Waals surface area contributed by atoms with Crippen LogP contribution in [0.3, 0.4) is 0 Å². The molecule has 2 aromatic rings. The number of hydrogen-bond donors (Lipinski definition) is 2. The van der Waals surface area contributed by atoms with Gasteiger partial charge in [-0.05, 0) is 46.6 Å². The normalized spacial score (nSPS) is 11.4. The van der Waals surface area contributed by atoms with Gasteiger partial charge in [0.25, 0.3) is 10.0 Å². The Balaban J connectivity index is 2.47. The predicted molar refractivity (Wildman–Crippen MR) is 80.5 cm³/mol. The second kappa shape index (κ2) is 5.61. The molecular formula is C13H11BrF2N2O2S. The summed E-state index contributed by atoms with van der Waals surface area (Å²) >= 11 is 2.87. The first-order chi connectivity index (χ1) is 9.70. The summed E-state index contributed by atoms with van der Waals surface area (Å²) in [5.41, 5.74) is 5.93. The molecule has 0 atom stereocenters. The third-order valence-electron chi connectivity index (χ3n) is 2.76. The van der Waals surface area contributed by atoms with Crippen LogP contribution in [-0.2, 0) is 10.0 Å². The molecule has 3 N–H and O–H groups in total. The van der Waals surface area contributed by atoms with Crippen LogP contribution >= 0.6 is 15.9 Å². The summed E-state index contributed by atoms with van der Waals surface area (Å²) in [6, 6.07) is 5.98. The Morgan fingerprint density at radius 3 is 2.48 bits per heavy atom. The molecule has 112 valence electrons. The van der Waals surface area contributed by atoms with Crippen molar-refractivity contribution in [1.82, 2.24) is 0 Å². The van der Waals surface area contributed by atoms with Crippen molar-refractivity contribution in [3.8, 4) is 0 Å². The van der Waals surface area contributed by atoms with E-state index in [1.807, 2.05) is 0 Å². The first kappa shape index (κ1) is 15.7. The summed E-state index contributed by atoms with van der Waals surface area (Å²) in [6.45, 7) is 1.59. The molecule has 0 spiro atoms. The van der Waals surface area contributed by atoms with E-state index in [-0.39, 0.29) is 20.7 Å². The van der Waals surface area contributed by atoms with Crippen LogP contribution in [0.25, 0.3) is 0 Å². The Kier molecular flexibility index (Phi) is 4.20. The Morgan fingerprint density at radius 2 is 1.81 bits per heavy atom. The molecule has 4 nitrogen and oxygen atoms in total. The zero-order valence-corrected chi connectivity index (χ0v) is 13.2. The van der Waals surface area contributed by atoms with E-state index >= 15 is 0 Å². The zero-order valence-electron chi connectivity index (χ0n) is 10.8. The maximum absolute atomic E-state index is 13.6. The van der Waals surface area contributed by atoms with Crippen molar-refractivity contribution < 1.29 is 17.2 Å². The molecule has 0 bridgehead atoms. The quantitative estimate of drug-likeness (QED) is 0.636. The van der Waals surface area contributed by atoms with E-state index in [4.69, 9.17) is 5.73 Å². The zero-order chi connectivity index (χ0) is 15.8. The van der Waals surface area contributed by atoms with Crippen LogP contribution in [0.2, 0.25) is 0 Å². The van der Waals surface area contributed by atoms with Crippen LogP contribution in [-0.4, -0.2) is 8.42 Å². The van der Waals surface area contributed by atoms with E-state index in [0.29, 0.717) is 11.6 Å².